The largest absolute Gasteiger partial charge is 0.383 e. The van der Waals surface area contributed by atoms with Crippen LogP contribution in [0.2, 0.25) is 0 Å². The molecule has 70 valence electrons. The van der Waals surface area contributed by atoms with Gasteiger partial charge in [0.2, 0.25) is 0 Å². The molecule has 0 saturated carbocycles. The summed E-state index contributed by atoms with van der Waals surface area (Å²) < 4.78 is 12.9. The normalized spacial score (nSPS) is 20.9. The van der Waals surface area contributed by atoms with Gasteiger partial charge < -0.3 is 10.6 Å². The van der Waals surface area contributed by atoms with Gasteiger partial charge in [-0.15, -0.1) is 0 Å². The number of rotatable bonds is 0. The summed E-state index contributed by atoms with van der Waals surface area (Å²) >= 11 is 0. The van der Waals surface area contributed by atoms with Gasteiger partial charge in [-0.05, 0) is 31.5 Å². The van der Waals surface area contributed by atoms with Crippen LogP contribution in [-0.2, 0) is 0 Å². The molecule has 13 heavy (non-hydrogen) atoms. The average Bonchev–Trinajstić information content (AvgIpc) is 2.25. The van der Waals surface area contributed by atoms with Crippen molar-refractivity contribution in [3.8, 4) is 0 Å². The lowest BCUT2D eigenvalue weighted by molar-refractivity contribution is 0.628. The first-order valence-electron chi connectivity index (χ1n) is 4.55. The molecule has 0 aromatic heterocycles. The van der Waals surface area contributed by atoms with Crippen molar-refractivity contribution in [2.45, 2.75) is 19.4 Å². The minimum absolute atomic E-state index is 0.192. The summed E-state index contributed by atoms with van der Waals surface area (Å²) in [5.74, 6) is -0.192. The Hall–Kier alpha value is -1.25. The van der Waals surface area contributed by atoms with Crippen molar-refractivity contribution in [2.24, 2.45) is 0 Å². The summed E-state index contributed by atoms with van der Waals surface area (Å²) in [5, 5.41) is 6.51. The molecule has 1 atom stereocenters. The summed E-state index contributed by atoms with van der Waals surface area (Å²) in [4.78, 5) is 0. The van der Waals surface area contributed by atoms with Crippen LogP contribution in [0.25, 0.3) is 0 Å². The Bertz CT molecular complexity index is 312. The first-order valence-corrected chi connectivity index (χ1v) is 4.55. The van der Waals surface area contributed by atoms with Crippen molar-refractivity contribution in [3.63, 3.8) is 0 Å². The van der Waals surface area contributed by atoms with Gasteiger partial charge in [-0.25, -0.2) is 4.39 Å². The van der Waals surface area contributed by atoms with Crippen molar-refractivity contribution in [2.75, 3.05) is 17.2 Å². The van der Waals surface area contributed by atoms with E-state index in [1.165, 1.54) is 12.1 Å². The van der Waals surface area contributed by atoms with Gasteiger partial charge in [-0.1, -0.05) is 0 Å². The predicted molar refractivity (Wildman–Crippen MR) is 52.6 cm³/mol. The molecule has 0 amide bonds. The molecular formula is C10H13FN2. The highest BCUT2D eigenvalue weighted by Gasteiger charge is 2.11. The number of nitrogens with one attached hydrogen (secondary N) is 2. The van der Waals surface area contributed by atoms with Gasteiger partial charge >= 0.3 is 0 Å². The molecule has 0 spiro atoms. The number of hydrogen-bond acceptors (Lipinski definition) is 2. The van der Waals surface area contributed by atoms with Crippen LogP contribution < -0.4 is 10.6 Å². The van der Waals surface area contributed by atoms with Gasteiger partial charge in [0.05, 0.1) is 11.4 Å². The zero-order valence-corrected chi connectivity index (χ0v) is 7.60. The zero-order valence-electron chi connectivity index (χ0n) is 7.60. The maximum atomic E-state index is 12.9. The highest BCUT2D eigenvalue weighted by molar-refractivity contribution is 5.69. The van der Waals surface area contributed by atoms with E-state index in [4.69, 9.17) is 0 Å². The molecule has 0 radical (unpaired) electrons. The quantitative estimate of drug-likeness (QED) is 0.640. The van der Waals surface area contributed by atoms with Crippen LogP contribution in [0.1, 0.15) is 13.3 Å². The Labute approximate surface area is 77.2 Å². The highest BCUT2D eigenvalue weighted by atomic mass is 19.1. The molecule has 1 heterocycles. The molecule has 2 rings (SSSR count). The van der Waals surface area contributed by atoms with Gasteiger partial charge in [0.15, 0.2) is 0 Å². The smallest absolute Gasteiger partial charge is 0.125 e. The second-order valence-corrected chi connectivity index (χ2v) is 3.45. The third kappa shape index (κ3) is 1.74. The van der Waals surface area contributed by atoms with E-state index in [0.29, 0.717) is 6.04 Å². The summed E-state index contributed by atoms with van der Waals surface area (Å²) in [5.41, 5.74) is 1.86. The fraction of sp³-hybridized carbons (Fsp3) is 0.400. The molecule has 0 saturated heterocycles. The van der Waals surface area contributed by atoms with E-state index in [1.807, 2.05) is 0 Å². The lowest BCUT2D eigenvalue weighted by Crippen LogP contribution is -2.14. The van der Waals surface area contributed by atoms with Crippen molar-refractivity contribution in [1.29, 1.82) is 0 Å². The predicted octanol–water partition coefficient (Wildman–Crippen LogP) is 2.44. The van der Waals surface area contributed by atoms with Crippen LogP contribution in [0.4, 0.5) is 15.8 Å². The van der Waals surface area contributed by atoms with Gasteiger partial charge in [0, 0.05) is 12.6 Å². The van der Waals surface area contributed by atoms with Crippen molar-refractivity contribution in [1.82, 2.24) is 0 Å². The Kier molecular flexibility index (Phi) is 2.08. The minimum Gasteiger partial charge on any atom is -0.383 e. The third-order valence-corrected chi connectivity index (χ3v) is 2.28. The first kappa shape index (κ1) is 8.35. The third-order valence-electron chi connectivity index (χ3n) is 2.28. The second-order valence-electron chi connectivity index (χ2n) is 3.45. The molecule has 0 bridgehead atoms. The molecular weight excluding hydrogens is 167 g/mol. The van der Waals surface area contributed by atoms with E-state index >= 15 is 0 Å². The average molecular weight is 180 g/mol. The van der Waals surface area contributed by atoms with Crippen LogP contribution in [-0.4, -0.2) is 12.6 Å². The topological polar surface area (TPSA) is 24.1 Å². The number of benzene rings is 1. The Balaban J connectivity index is 2.35. The SMILES string of the molecule is CC1CCNc2ccc(F)cc2N1. The molecule has 3 heteroatoms. The molecule has 1 unspecified atom stereocenters. The molecule has 1 aliphatic heterocycles. The summed E-state index contributed by atoms with van der Waals surface area (Å²) in [7, 11) is 0. The number of hydrogen-bond donors (Lipinski definition) is 2. The Morgan fingerprint density at radius 3 is 3.08 bits per heavy atom. The van der Waals surface area contributed by atoms with E-state index in [9.17, 15) is 4.39 Å². The molecule has 1 aromatic carbocycles. The van der Waals surface area contributed by atoms with Crippen LogP contribution >= 0.6 is 0 Å². The van der Waals surface area contributed by atoms with Crippen LogP contribution in [0.3, 0.4) is 0 Å². The molecule has 0 fully saturated rings. The summed E-state index contributed by atoms with van der Waals surface area (Å²) in [6, 6.07) is 5.18. The lowest BCUT2D eigenvalue weighted by Gasteiger charge is -2.11. The summed E-state index contributed by atoms with van der Waals surface area (Å²) in [6.45, 7) is 3.04. The Morgan fingerprint density at radius 2 is 2.23 bits per heavy atom. The van der Waals surface area contributed by atoms with Crippen LogP contribution in [0, 0.1) is 5.82 Å². The van der Waals surface area contributed by atoms with Crippen molar-refractivity contribution < 1.29 is 4.39 Å². The molecule has 2 nitrogen and oxygen atoms in total. The minimum atomic E-state index is -0.192. The fourth-order valence-corrected chi connectivity index (χ4v) is 1.55. The van der Waals surface area contributed by atoms with Crippen LogP contribution in [0.15, 0.2) is 18.2 Å². The van der Waals surface area contributed by atoms with E-state index in [-0.39, 0.29) is 5.82 Å². The maximum Gasteiger partial charge on any atom is 0.125 e. The monoisotopic (exact) mass is 180 g/mol. The van der Waals surface area contributed by atoms with E-state index in [0.717, 1.165) is 24.3 Å². The zero-order chi connectivity index (χ0) is 9.26. The molecule has 0 aliphatic carbocycles. The second kappa shape index (κ2) is 3.24. The number of anilines is 2. The lowest BCUT2D eigenvalue weighted by atomic mass is 10.2. The first-order chi connectivity index (χ1) is 6.25. The van der Waals surface area contributed by atoms with E-state index < -0.39 is 0 Å². The van der Waals surface area contributed by atoms with Crippen molar-refractivity contribution in [3.05, 3.63) is 24.0 Å². The van der Waals surface area contributed by atoms with Crippen molar-refractivity contribution >= 4 is 11.4 Å². The molecule has 2 N–H and O–H groups in total. The van der Waals surface area contributed by atoms with Crippen LogP contribution in [0.5, 0.6) is 0 Å². The summed E-state index contributed by atoms with van der Waals surface area (Å²) in [6.07, 6.45) is 1.05. The molecule has 1 aromatic rings. The van der Waals surface area contributed by atoms with Gasteiger partial charge in [-0.3, -0.25) is 0 Å². The van der Waals surface area contributed by atoms with E-state index in [2.05, 4.69) is 17.6 Å². The number of fused-ring (bicyclic) bond motifs is 1. The van der Waals surface area contributed by atoms with Gasteiger partial charge in [-0.2, -0.15) is 0 Å². The number of halogens is 1. The fourth-order valence-electron chi connectivity index (χ4n) is 1.55. The van der Waals surface area contributed by atoms with E-state index in [1.54, 1.807) is 6.07 Å². The maximum absolute atomic E-state index is 12.9. The van der Waals surface area contributed by atoms with Gasteiger partial charge in [0.1, 0.15) is 5.82 Å². The standard InChI is InChI=1S/C10H13FN2/c1-7-4-5-12-9-3-2-8(11)6-10(9)13-7/h2-3,6-7,12-13H,4-5H2,1H3. The highest BCUT2D eigenvalue weighted by Crippen LogP contribution is 2.25. The van der Waals surface area contributed by atoms with Gasteiger partial charge in [0.25, 0.3) is 0 Å². The Morgan fingerprint density at radius 1 is 1.38 bits per heavy atom. The molecule has 1 aliphatic rings.